The van der Waals surface area contributed by atoms with Gasteiger partial charge in [0.1, 0.15) is 6.04 Å². The molecule has 0 aliphatic carbocycles. The maximum absolute atomic E-state index is 9.51. The summed E-state index contributed by atoms with van der Waals surface area (Å²) in [5.74, 6) is -1.07. The standard InChI is InChI=1S/C3H6NO2.C3H7O2/c1-2(4)3(5)6;1-3(5)2-4/h2H,1,4H2,(H,5,6);3-5H,1-2H2. The van der Waals surface area contributed by atoms with Crippen molar-refractivity contribution in [3.05, 3.63) is 13.8 Å². The van der Waals surface area contributed by atoms with Gasteiger partial charge in [-0.2, -0.15) is 0 Å². The molecule has 5 nitrogen and oxygen atoms in total. The smallest absolute Gasteiger partial charge is 0.320 e. The summed E-state index contributed by atoms with van der Waals surface area (Å²) < 4.78 is 0. The van der Waals surface area contributed by atoms with Crippen LogP contribution in [0.3, 0.4) is 0 Å². The first-order valence-corrected chi connectivity index (χ1v) is 2.85. The number of rotatable bonds is 2. The molecular formula is C6H13NO4. The summed E-state index contributed by atoms with van der Waals surface area (Å²) in [6, 6.07) is -0.981. The number of hydrogen-bond donors (Lipinski definition) is 4. The monoisotopic (exact) mass is 163 g/mol. The van der Waals surface area contributed by atoms with Crippen molar-refractivity contribution in [3.63, 3.8) is 0 Å². The van der Waals surface area contributed by atoms with Crippen LogP contribution in [0.4, 0.5) is 0 Å². The van der Waals surface area contributed by atoms with E-state index in [2.05, 4.69) is 13.8 Å². The Hall–Kier alpha value is -0.650. The van der Waals surface area contributed by atoms with Crippen molar-refractivity contribution in [1.82, 2.24) is 0 Å². The minimum Gasteiger partial charge on any atom is -0.480 e. The molecule has 0 heterocycles. The number of aliphatic carboxylic acids is 1. The molecular weight excluding hydrogens is 150 g/mol. The SMILES string of the molecule is [CH2]C(N)C(=O)O.[CH2]C(O)CO. The van der Waals surface area contributed by atoms with Gasteiger partial charge in [-0.1, -0.05) is 0 Å². The zero-order valence-corrected chi connectivity index (χ0v) is 6.10. The molecule has 0 aliphatic rings. The second kappa shape index (κ2) is 7.46. The van der Waals surface area contributed by atoms with Gasteiger partial charge >= 0.3 is 5.97 Å². The van der Waals surface area contributed by atoms with Gasteiger partial charge in [-0.15, -0.1) is 0 Å². The van der Waals surface area contributed by atoms with E-state index in [9.17, 15) is 4.79 Å². The summed E-state index contributed by atoms with van der Waals surface area (Å²) in [6.45, 7) is 5.83. The third-order valence-corrected chi connectivity index (χ3v) is 0.528. The molecule has 0 saturated heterocycles. The maximum atomic E-state index is 9.51. The van der Waals surface area contributed by atoms with Crippen molar-refractivity contribution >= 4 is 5.97 Å². The molecule has 66 valence electrons. The number of aliphatic hydroxyl groups excluding tert-OH is 2. The highest BCUT2D eigenvalue weighted by Crippen LogP contribution is 1.67. The Bertz CT molecular complexity index is 103. The average molecular weight is 163 g/mol. The lowest BCUT2D eigenvalue weighted by Gasteiger charge is -1.89. The molecule has 5 N–H and O–H groups in total. The van der Waals surface area contributed by atoms with Gasteiger partial charge in [0, 0.05) is 0 Å². The number of hydrogen-bond acceptors (Lipinski definition) is 4. The van der Waals surface area contributed by atoms with Gasteiger partial charge in [-0.25, -0.2) is 0 Å². The number of carboxylic acid groups (broad SMARTS) is 1. The molecule has 2 atom stereocenters. The van der Waals surface area contributed by atoms with Crippen molar-refractivity contribution in [3.8, 4) is 0 Å². The first kappa shape index (κ1) is 13.0. The molecule has 2 unspecified atom stereocenters. The van der Waals surface area contributed by atoms with E-state index in [1.54, 1.807) is 0 Å². The second-order valence-electron chi connectivity index (χ2n) is 1.78. The topological polar surface area (TPSA) is 104 Å². The first-order chi connectivity index (χ1) is 4.91. The van der Waals surface area contributed by atoms with E-state index in [-0.39, 0.29) is 6.61 Å². The van der Waals surface area contributed by atoms with Crippen molar-refractivity contribution < 1.29 is 20.1 Å². The average Bonchev–Trinajstić information content (AvgIpc) is 1.89. The molecule has 0 aliphatic heterocycles. The Morgan fingerprint density at radius 3 is 1.73 bits per heavy atom. The van der Waals surface area contributed by atoms with E-state index >= 15 is 0 Å². The second-order valence-corrected chi connectivity index (χ2v) is 1.78. The Morgan fingerprint density at radius 1 is 1.55 bits per heavy atom. The lowest BCUT2D eigenvalue weighted by atomic mass is 10.4. The van der Waals surface area contributed by atoms with E-state index in [0.29, 0.717) is 0 Å². The highest BCUT2D eigenvalue weighted by molar-refractivity contribution is 5.73. The Morgan fingerprint density at radius 2 is 1.73 bits per heavy atom. The molecule has 0 spiro atoms. The molecule has 0 saturated carbocycles. The minimum atomic E-state index is -1.07. The van der Waals surface area contributed by atoms with Crippen LogP contribution in [-0.4, -0.2) is 40.0 Å². The van der Waals surface area contributed by atoms with E-state index in [4.69, 9.17) is 21.1 Å². The van der Waals surface area contributed by atoms with Gasteiger partial charge in [0.15, 0.2) is 0 Å². The van der Waals surface area contributed by atoms with Gasteiger partial charge in [0.25, 0.3) is 0 Å². The number of nitrogens with two attached hydrogens (primary N) is 1. The highest BCUT2D eigenvalue weighted by Gasteiger charge is 1.99. The maximum Gasteiger partial charge on any atom is 0.320 e. The van der Waals surface area contributed by atoms with Crippen LogP contribution in [-0.2, 0) is 4.79 Å². The van der Waals surface area contributed by atoms with E-state index < -0.39 is 18.1 Å². The van der Waals surface area contributed by atoms with Crippen LogP contribution < -0.4 is 5.73 Å². The number of aliphatic hydroxyl groups is 2. The summed E-state index contributed by atoms with van der Waals surface area (Å²) >= 11 is 0. The normalized spacial score (nSPS) is 14.3. The molecule has 0 aromatic heterocycles. The van der Waals surface area contributed by atoms with Crippen LogP contribution in [0.1, 0.15) is 0 Å². The van der Waals surface area contributed by atoms with E-state index in [1.165, 1.54) is 0 Å². The van der Waals surface area contributed by atoms with Crippen molar-refractivity contribution in [2.45, 2.75) is 12.1 Å². The molecule has 0 amide bonds. The lowest BCUT2D eigenvalue weighted by molar-refractivity contribution is -0.137. The largest absolute Gasteiger partial charge is 0.480 e. The van der Waals surface area contributed by atoms with Crippen molar-refractivity contribution in [1.29, 1.82) is 0 Å². The minimum absolute atomic E-state index is 0.250. The Kier molecular flexibility index (Phi) is 8.80. The van der Waals surface area contributed by atoms with Gasteiger partial charge in [0.2, 0.25) is 0 Å². The van der Waals surface area contributed by atoms with Crippen LogP contribution in [0.25, 0.3) is 0 Å². The van der Waals surface area contributed by atoms with Crippen LogP contribution >= 0.6 is 0 Å². The molecule has 2 radical (unpaired) electrons. The van der Waals surface area contributed by atoms with E-state index in [1.807, 2.05) is 0 Å². The molecule has 0 fully saturated rings. The fourth-order valence-corrected chi connectivity index (χ4v) is 0. The summed E-state index contributed by atoms with van der Waals surface area (Å²) in [4.78, 5) is 9.51. The summed E-state index contributed by atoms with van der Waals surface area (Å²) in [5.41, 5.74) is 4.72. The molecule has 0 rings (SSSR count). The molecule has 5 heteroatoms. The molecule has 0 aromatic carbocycles. The molecule has 0 bridgehead atoms. The highest BCUT2D eigenvalue weighted by atomic mass is 16.4. The van der Waals surface area contributed by atoms with Crippen molar-refractivity contribution in [2.75, 3.05) is 6.61 Å². The summed E-state index contributed by atoms with van der Waals surface area (Å²) in [7, 11) is 0. The van der Waals surface area contributed by atoms with Gasteiger partial charge in [-0.05, 0) is 13.8 Å². The third kappa shape index (κ3) is 17.6. The lowest BCUT2D eigenvalue weighted by Crippen LogP contribution is -2.25. The van der Waals surface area contributed by atoms with Crippen LogP contribution in [0, 0.1) is 13.8 Å². The van der Waals surface area contributed by atoms with Crippen LogP contribution in [0.2, 0.25) is 0 Å². The van der Waals surface area contributed by atoms with E-state index in [0.717, 1.165) is 0 Å². The van der Waals surface area contributed by atoms with Crippen LogP contribution in [0.5, 0.6) is 0 Å². The third-order valence-electron chi connectivity index (χ3n) is 0.528. The zero-order chi connectivity index (χ0) is 9.44. The predicted octanol–water partition coefficient (Wildman–Crippen LogP) is -1.59. The molecule has 0 aromatic rings. The van der Waals surface area contributed by atoms with Gasteiger partial charge in [-0.3, -0.25) is 4.79 Å². The summed E-state index contributed by atoms with van der Waals surface area (Å²) in [6.07, 6.45) is -0.810. The van der Waals surface area contributed by atoms with Gasteiger partial charge < -0.3 is 21.1 Å². The fraction of sp³-hybridized carbons (Fsp3) is 0.500. The Labute approximate surface area is 65.5 Å². The fourth-order valence-electron chi connectivity index (χ4n) is 0. The predicted molar refractivity (Wildman–Crippen MR) is 39.4 cm³/mol. The Balaban J connectivity index is 0. The van der Waals surface area contributed by atoms with Crippen LogP contribution in [0.15, 0.2) is 0 Å². The first-order valence-electron chi connectivity index (χ1n) is 2.85. The summed E-state index contributed by atoms with van der Waals surface area (Å²) in [5, 5.41) is 23.6. The quantitative estimate of drug-likeness (QED) is 0.393. The van der Waals surface area contributed by atoms with Gasteiger partial charge in [0.05, 0.1) is 12.7 Å². The molecule has 11 heavy (non-hydrogen) atoms. The zero-order valence-electron chi connectivity index (χ0n) is 6.10. The van der Waals surface area contributed by atoms with Crippen molar-refractivity contribution in [2.24, 2.45) is 5.73 Å². The number of carboxylic acids is 1. The number of carbonyl (C=O) groups is 1.